The number of rotatable bonds is 4. The van der Waals surface area contributed by atoms with Gasteiger partial charge in [-0.3, -0.25) is 4.68 Å². The van der Waals surface area contributed by atoms with Gasteiger partial charge in [-0.25, -0.2) is 0 Å². The van der Waals surface area contributed by atoms with Crippen molar-refractivity contribution in [3.63, 3.8) is 0 Å². The van der Waals surface area contributed by atoms with Gasteiger partial charge in [0, 0.05) is 6.20 Å². The Labute approximate surface area is 113 Å². The third kappa shape index (κ3) is 2.79. The highest BCUT2D eigenvalue weighted by Crippen LogP contribution is 2.32. The number of anilines is 1. The zero-order valence-corrected chi connectivity index (χ0v) is 11.0. The smallest absolute Gasteiger partial charge is 0.0828 e. The molecule has 2 N–H and O–H groups in total. The number of nitrogens with two attached hydrogens (primary N) is 1. The number of fused-ring (bicyclic) bond motifs is 1. The Bertz CT molecular complexity index is 550. The molecular formula is C15H19N3O. The third-order valence-corrected chi connectivity index (χ3v) is 3.61. The highest BCUT2D eigenvalue weighted by Gasteiger charge is 2.19. The Balaban J connectivity index is 1.59. The van der Waals surface area contributed by atoms with Crippen molar-refractivity contribution >= 4 is 5.69 Å². The number of hydrogen-bond donors (Lipinski definition) is 1. The molecule has 0 saturated heterocycles. The summed E-state index contributed by atoms with van der Waals surface area (Å²) in [7, 11) is 0. The zero-order chi connectivity index (χ0) is 13.1. The van der Waals surface area contributed by atoms with Crippen molar-refractivity contribution in [1.29, 1.82) is 0 Å². The second-order valence-corrected chi connectivity index (χ2v) is 4.99. The van der Waals surface area contributed by atoms with Gasteiger partial charge in [-0.05, 0) is 30.4 Å². The van der Waals surface area contributed by atoms with Crippen LogP contribution in [-0.4, -0.2) is 16.4 Å². The first kappa shape index (κ1) is 12.2. The Hall–Kier alpha value is -1.81. The molecule has 1 aliphatic carbocycles. The Kier molecular flexibility index (Phi) is 3.51. The number of nitrogens with zero attached hydrogens (tertiary/aromatic N) is 2. The Morgan fingerprint density at radius 1 is 1.37 bits per heavy atom. The number of aryl methyl sites for hydroxylation is 1. The maximum absolute atomic E-state index is 6.02. The third-order valence-electron chi connectivity index (χ3n) is 3.61. The first-order valence-corrected chi connectivity index (χ1v) is 6.80. The molecule has 0 radical (unpaired) electrons. The molecule has 1 heterocycles. The molecule has 3 rings (SSSR count). The van der Waals surface area contributed by atoms with Gasteiger partial charge in [0.25, 0.3) is 0 Å². The molecule has 0 aliphatic heterocycles. The van der Waals surface area contributed by atoms with Crippen molar-refractivity contribution in [3.05, 3.63) is 47.8 Å². The topological polar surface area (TPSA) is 53.1 Å². The second kappa shape index (κ2) is 5.45. The minimum Gasteiger partial charge on any atom is -0.396 e. The molecule has 1 aromatic carbocycles. The lowest BCUT2D eigenvalue weighted by atomic mass is 9.89. The SMILES string of the molecule is Nc1cnn(CCOC2CCCc3ccccc32)c1. The molecule has 19 heavy (non-hydrogen) atoms. The molecule has 100 valence electrons. The molecule has 1 atom stereocenters. The average Bonchev–Trinajstić information content (AvgIpc) is 2.85. The van der Waals surface area contributed by atoms with Gasteiger partial charge in [0.2, 0.25) is 0 Å². The highest BCUT2D eigenvalue weighted by molar-refractivity contribution is 5.31. The van der Waals surface area contributed by atoms with E-state index in [1.54, 1.807) is 6.20 Å². The van der Waals surface area contributed by atoms with E-state index in [2.05, 4.69) is 29.4 Å². The minimum atomic E-state index is 0.234. The van der Waals surface area contributed by atoms with Crippen LogP contribution in [0.15, 0.2) is 36.7 Å². The van der Waals surface area contributed by atoms with Gasteiger partial charge >= 0.3 is 0 Å². The summed E-state index contributed by atoms with van der Waals surface area (Å²) < 4.78 is 7.84. The fourth-order valence-corrected chi connectivity index (χ4v) is 2.67. The minimum absolute atomic E-state index is 0.234. The van der Waals surface area contributed by atoms with E-state index in [1.807, 2.05) is 10.9 Å². The van der Waals surface area contributed by atoms with Crippen LogP contribution in [0.1, 0.15) is 30.1 Å². The van der Waals surface area contributed by atoms with Crippen molar-refractivity contribution in [2.75, 3.05) is 12.3 Å². The van der Waals surface area contributed by atoms with Crippen molar-refractivity contribution in [1.82, 2.24) is 9.78 Å². The van der Waals surface area contributed by atoms with Crippen LogP contribution in [0.5, 0.6) is 0 Å². The van der Waals surface area contributed by atoms with Gasteiger partial charge in [-0.1, -0.05) is 24.3 Å². The average molecular weight is 257 g/mol. The van der Waals surface area contributed by atoms with Crippen LogP contribution < -0.4 is 5.73 Å². The number of ether oxygens (including phenoxy) is 1. The van der Waals surface area contributed by atoms with E-state index >= 15 is 0 Å². The van der Waals surface area contributed by atoms with Crippen LogP contribution in [0.2, 0.25) is 0 Å². The Morgan fingerprint density at radius 2 is 2.26 bits per heavy atom. The standard InChI is InChI=1S/C15H19N3O/c16-13-10-17-18(11-13)8-9-19-15-7-3-5-12-4-1-2-6-14(12)15/h1-2,4,6,10-11,15H,3,5,7-9,16H2. The van der Waals surface area contributed by atoms with E-state index < -0.39 is 0 Å². The van der Waals surface area contributed by atoms with Gasteiger partial charge < -0.3 is 10.5 Å². The first-order chi connectivity index (χ1) is 9.33. The Morgan fingerprint density at radius 3 is 3.11 bits per heavy atom. The molecule has 1 aliphatic rings. The van der Waals surface area contributed by atoms with Crippen molar-refractivity contribution in [2.24, 2.45) is 0 Å². The molecule has 0 saturated carbocycles. The molecule has 0 bridgehead atoms. The van der Waals surface area contributed by atoms with Crippen LogP contribution in [0, 0.1) is 0 Å². The normalized spacial score (nSPS) is 18.2. The van der Waals surface area contributed by atoms with E-state index in [9.17, 15) is 0 Å². The van der Waals surface area contributed by atoms with E-state index in [1.165, 1.54) is 24.0 Å². The summed E-state index contributed by atoms with van der Waals surface area (Å²) in [5.74, 6) is 0. The maximum Gasteiger partial charge on any atom is 0.0828 e. The maximum atomic E-state index is 6.02. The molecule has 1 aromatic heterocycles. The fraction of sp³-hybridized carbons (Fsp3) is 0.400. The van der Waals surface area contributed by atoms with E-state index in [0.29, 0.717) is 12.3 Å². The van der Waals surface area contributed by atoms with Gasteiger partial charge in [-0.2, -0.15) is 5.10 Å². The summed E-state index contributed by atoms with van der Waals surface area (Å²) in [5, 5.41) is 4.15. The summed E-state index contributed by atoms with van der Waals surface area (Å²) in [6.07, 6.45) is 7.21. The summed E-state index contributed by atoms with van der Waals surface area (Å²) in [6, 6.07) is 8.59. The van der Waals surface area contributed by atoms with Crippen LogP contribution in [0.4, 0.5) is 5.69 Å². The molecular weight excluding hydrogens is 238 g/mol. The number of aromatic nitrogens is 2. The van der Waals surface area contributed by atoms with Crippen LogP contribution >= 0.6 is 0 Å². The summed E-state index contributed by atoms with van der Waals surface area (Å²) in [5.41, 5.74) is 9.12. The van der Waals surface area contributed by atoms with E-state index in [-0.39, 0.29) is 6.10 Å². The van der Waals surface area contributed by atoms with E-state index in [0.717, 1.165) is 13.0 Å². The van der Waals surface area contributed by atoms with Crippen LogP contribution in [-0.2, 0) is 17.7 Å². The van der Waals surface area contributed by atoms with Crippen molar-refractivity contribution < 1.29 is 4.74 Å². The first-order valence-electron chi connectivity index (χ1n) is 6.80. The predicted octanol–water partition coefficient (Wildman–Crippen LogP) is 2.56. The summed E-state index contributed by atoms with van der Waals surface area (Å²) in [6.45, 7) is 1.41. The lowest BCUT2D eigenvalue weighted by Crippen LogP contribution is -2.15. The van der Waals surface area contributed by atoms with Crippen molar-refractivity contribution in [2.45, 2.75) is 31.9 Å². The summed E-state index contributed by atoms with van der Waals surface area (Å²) >= 11 is 0. The quantitative estimate of drug-likeness (QED) is 0.915. The highest BCUT2D eigenvalue weighted by atomic mass is 16.5. The van der Waals surface area contributed by atoms with Crippen LogP contribution in [0.25, 0.3) is 0 Å². The molecule has 0 spiro atoms. The molecule has 4 nitrogen and oxygen atoms in total. The van der Waals surface area contributed by atoms with Gasteiger partial charge in [0.15, 0.2) is 0 Å². The van der Waals surface area contributed by atoms with Crippen LogP contribution in [0.3, 0.4) is 0 Å². The monoisotopic (exact) mass is 257 g/mol. The molecule has 1 unspecified atom stereocenters. The lowest BCUT2D eigenvalue weighted by Gasteiger charge is -2.25. The van der Waals surface area contributed by atoms with E-state index in [4.69, 9.17) is 10.5 Å². The molecule has 4 heteroatoms. The second-order valence-electron chi connectivity index (χ2n) is 4.99. The van der Waals surface area contributed by atoms with Gasteiger partial charge in [-0.15, -0.1) is 0 Å². The molecule has 0 fully saturated rings. The molecule has 0 amide bonds. The van der Waals surface area contributed by atoms with Crippen molar-refractivity contribution in [3.8, 4) is 0 Å². The van der Waals surface area contributed by atoms with Gasteiger partial charge in [0.1, 0.15) is 0 Å². The number of nitrogen functional groups attached to an aromatic ring is 1. The zero-order valence-electron chi connectivity index (χ0n) is 11.0. The lowest BCUT2D eigenvalue weighted by molar-refractivity contribution is 0.0344. The fourth-order valence-electron chi connectivity index (χ4n) is 2.67. The predicted molar refractivity (Wildman–Crippen MR) is 74.7 cm³/mol. The number of benzene rings is 1. The largest absolute Gasteiger partial charge is 0.396 e. The summed E-state index contributed by atoms with van der Waals surface area (Å²) in [4.78, 5) is 0. The van der Waals surface area contributed by atoms with Gasteiger partial charge in [0.05, 0.1) is 31.1 Å². The molecule has 2 aromatic rings. The number of hydrogen-bond acceptors (Lipinski definition) is 3.